The van der Waals surface area contributed by atoms with E-state index in [1.54, 1.807) is 6.07 Å². The molecule has 3 fully saturated rings. The van der Waals surface area contributed by atoms with Crippen molar-refractivity contribution in [2.24, 2.45) is 5.92 Å². The van der Waals surface area contributed by atoms with Crippen LogP contribution < -0.4 is 4.74 Å². The molecule has 2 aromatic rings. The van der Waals surface area contributed by atoms with Crippen molar-refractivity contribution in [3.8, 4) is 11.5 Å². The van der Waals surface area contributed by atoms with Crippen LogP contribution in [0.2, 0.25) is 0 Å². The third-order valence-corrected chi connectivity index (χ3v) is 10.6. The van der Waals surface area contributed by atoms with Crippen LogP contribution >= 0.6 is 0 Å². The van der Waals surface area contributed by atoms with Crippen LogP contribution in [-0.4, -0.2) is 70.2 Å². The van der Waals surface area contributed by atoms with Crippen molar-refractivity contribution in [1.82, 2.24) is 4.90 Å². The molecule has 0 amide bonds. The number of hydroxylamine groups is 3. The third-order valence-electron chi connectivity index (χ3n) is 10.6. The first-order valence-electron chi connectivity index (χ1n) is 14.3. The molecule has 2 N–H and O–H groups in total. The van der Waals surface area contributed by atoms with E-state index < -0.39 is 11.0 Å². The minimum Gasteiger partial charge on any atom is -0.632 e. The first-order valence-corrected chi connectivity index (χ1v) is 14.3. The highest BCUT2D eigenvalue weighted by Gasteiger charge is 2.76. The van der Waals surface area contributed by atoms with Crippen LogP contribution in [0, 0.1) is 18.0 Å². The van der Waals surface area contributed by atoms with E-state index in [9.17, 15) is 15.4 Å². The molecule has 7 rings (SSSR count). The number of ether oxygens (including phenoxy) is 1. The average molecular weight is 505 g/mol. The van der Waals surface area contributed by atoms with Gasteiger partial charge in [0.2, 0.25) is 0 Å². The van der Waals surface area contributed by atoms with Gasteiger partial charge in [0.25, 0.3) is 0 Å². The Hall–Kier alpha value is -2.12. The highest BCUT2D eigenvalue weighted by Crippen LogP contribution is 2.67. The van der Waals surface area contributed by atoms with Crippen molar-refractivity contribution in [1.29, 1.82) is 0 Å². The fourth-order valence-corrected chi connectivity index (χ4v) is 8.75. The van der Waals surface area contributed by atoms with E-state index in [1.165, 1.54) is 11.1 Å². The first-order chi connectivity index (χ1) is 17.7. The molecule has 6 heteroatoms. The van der Waals surface area contributed by atoms with E-state index in [4.69, 9.17) is 4.74 Å². The second-order valence-electron chi connectivity index (χ2n) is 12.8. The Kier molecular flexibility index (Phi) is 5.30. The molecule has 1 saturated heterocycles. The molecule has 2 heterocycles. The SMILES string of the molecule is Cc1cccc(CCCN(C)C2CC[C@@]3(O)[C@H]4Cc5ccc(O)c6c5[C@@]3(CC[N+]4([O-])CC3CC3)C2O6)c1. The van der Waals surface area contributed by atoms with Gasteiger partial charge in [-0.3, -0.25) is 4.90 Å². The number of hydrogen-bond acceptors (Lipinski definition) is 5. The minimum atomic E-state index is -1.10. The normalized spacial score (nSPS) is 37.4. The van der Waals surface area contributed by atoms with Gasteiger partial charge in [-0.15, -0.1) is 0 Å². The maximum absolute atomic E-state index is 14.4. The zero-order chi connectivity index (χ0) is 25.6. The summed E-state index contributed by atoms with van der Waals surface area (Å²) in [6.45, 7) is 4.24. The van der Waals surface area contributed by atoms with E-state index >= 15 is 0 Å². The molecular weight excluding hydrogens is 464 g/mol. The highest BCUT2D eigenvalue weighted by atomic mass is 16.6. The Morgan fingerprint density at radius 2 is 2.00 bits per heavy atom. The lowest BCUT2D eigenvalue weighted by atomic mass is 9.48. The summed E-state index contributed by atoms with van der Waals surface area (Å²) in [6.07, 6.45) is 6.73. The molecule has 3 aliphatic carbocycles. The van der Waals surface area contributed by atoms with Gasteiger partial charge in [0, 0.05) is 30.4 Å². The Bertz CT molecular complexity index is 1230. The van der Waals surface area contributed by atoms with E-state index in [0.717, 1.165) is 49.8 Å². The number of aromatic hydroxyl groups is 1. The predicted octanol–water partition coefficient (Wildman–Crippen LogP) is 4.21. The summed E-state index contributed by atoms with van der Waals surface area (Å²) >= 11 is 0. The minimum absolute atomic E-state index is 0.131. The topological polar surface area (TPSA) is 76.0 Å². The van der Waals surface area contributed by atoms with E-state index in [0.29, 0.717) is 44.0 Å². The summed E-state index contributed by atoms with van der Waals surface area (Å²) in [5, 5.41) is 37.8. The number of likely N-dealkylation sites (tertiary alicyclic amines) is 1. The van der Waals surface area contributed by atoms with Crippen molar-refractivity contribution >= 4 is 0 Å². The molecule has 37 heavy (non-hydrogen) atoms. The van der Waals surface area contributed by atoms with E-state index in [-0.39, 0.29) is 28.6 Å². The van der Waals surface area contributed by atoms with Crippen LogP contribution in [-0.2, 0) is 18.3 Å². The molecule has 5 aliphatic rings. The molecule has 198 valence electrons. The lowest BCUT2D eigenvalue weighted by Gasteiger charge is -2.68. The molecule has 2 bridgehead atoms. The fraction of sp³-hybridized carbons (Fsp3) is 0.613. The lowest BCUT2D eigenvalue weighted by molar-refractivity contribution is -0.924. The van der Waals surface area contributed by atoms with Crippen molar-refractivity contribution in [3.05, 3.63) is 63.9 Å². The number of hydrogen-bond donors (Lipinski definition) is 2. The van der Waals surface area contributed by atoms with Crippen LogP contribution in [0.25, 0.3) is 0 Å². The number of aliphatic hydroxyl groups is 1. The molecule has 6 atom stereocenters. The quantitative estimate of drug-likeness (QED) is 0.436. The number of nitrogens with zero attached hydrogens (tertiary/aromatic N) is 2. The molecule has 2 saturated carbocycles. The van der Waals surface area contributed by atoms with E-state index in [2.05, 4.69) is 43.1 Å². The summed E-state index contributed by atoms with van der Waals surface area (Å²) in [7, 11) is 2.18. The molecule has 0 aromatic heterocycles. The van der Waals surface area contributed by atoms with Crippen LogP contribution in [0.3, 0.4) is 0 Å². The second-order valence-corrected chi connectivity index (χ2v) is 12.8. The van der Waals surface area contributed by atoms with Crippen LogP contribution in [0.4, 0.5) is 0 Å². The monoisotopic (exact) mass is 504 g/mol. The standard InChI is InChI=1S/C31H40N2O4/c1-20-5-3-6-21(17-20)7-4-15-32(2)24-12-13-31(35)26-18-23-10-11-25(34)28-27(23)30(31,29(24)37-28)14-16-33(26,36)19-22-8-9-22/h3,5-6,10-11,17,22,24,26,29,34-35H,4,7-9,12-16,18-19H2,1-2H3/t24?,26-,29?,30+,31-,33?/m1/s1. The van der Waals surface area contributed by atoms with Gasteiger partial charge in [0.15, 0.2) is 11.5 Å². The number of rotatable bonds is 7. The number of quaternary nitrogens is 1. The van der Waals surface area contributed by atoms with Gasteiger partial charge in [-0.25, -0.2) is 0 Å². The number of piperidine rings is 1. The number of phenols is 1. The van der Waals surface area contributed by atoms with Gasteiger partial charge in [-0.1, -0.05) is 35.9 Å². The summed E-state index contributed by atoms with van der Waals surface area (Å²) in [5.41, 5.74) is 3.04. The number of aryl methyl sites for hydroxylation is 2. The Labute approximate surface area is 220 Å². The van der Waals surface area contributed by atoms with Crippen molar-refractivity contribution in [3.63, 3.8) is 0 Å². The number of benzene rings is 2. The molecule has 6 nitrogen and oxygen atoms in total. The third kappa shape index (κ3) is 3.38. The summed E-state index contributed by atoms with van der Waals surface area (Å²) < 4.78 is 6.43. The highest BCUT2D eigenvalue weighted by molar-refractivity contribution is 5.62. The molecule has 0 radical (unpaired) electrons. The number of phenolic OH excluding ortho intramolecular Hbond substituents is 1. The van der Waals surface area contributed by atoms with Crippen molar-refractivity contribution < 1.29 is 19.6 Å². The largest absolute Gasteiger partial charge is 0.632 e. The molecule has 3 unspecified atom stereocenters. The van der Waals surface area contributed by atoms with Crippen molar-refractivity contribution in [2.45, 2.75) is 87.5 Å². The zero-order valence-corrected chi connectivity index (χ0v) is 22.2. The predicted molar refractivity (Wildman–Crippen MR) is 142 cm³/mol. The van der Waals surface area contributed by atoms with Gasteiger partial charge in [-0.05, 0) is 76.2 Å². The van der Waals surface area contributed by atoms with Gasteiger partial charge >= 0.3 is 0 Å². The zero-order valence-electron chi connectivity index (χ0n) is 22.2. The Morgan fingerprint density at radius 1 is 1.16 bits per heavy atom. The summed E-state index contributed by atoms with van der Waals surface area (Å²) in [4.78, 5) is 2.42. The average Bonchev–Trinajstić information content (AvgIpc) is 3.59. The first kappa shape index (κ1) is 24.0. The second kappa shape index (κ2) is 8.19. The van der Waals surface area contributed by atoms with Gasteiger partial charge in [0.1, 0.15) is 17.7 Å². The maximum Gasteiger partial charge on any atom is 0.165 e. The molecule has 1 spiro atoms. The van der Waals surface area contributed by atoms with Crippen LogP contribution in [0.1, 0.15) is 60.8 Å². The van der Waals surface area contributed by atoms with Crippen LogP contribution in [0.5, 0.6) is 11.5 Å². The Morgan fingerprint density at radius 3 is 2.78 bits per heavy atom. The molecule has 2 aliphatic heterocycles. The smallest absolute Gasteiger partial charge is 0.165 e. The van der Waals surface area contributed by atoms with Gasteiger partial charge in [-0.2, -0.15) is 0 Å². The lowest BCUT2D eigenvalue weighted by Crippen LogP contribution is -2.81. The van der Waals surface area contributed by atoms with Gasteiger partial charge in [0.05, 0.1) is 18.5 Å². The maximum atomic E-state index is 14.4. The molecule has 2 aromatic carbocycles. The van der Waals surface area contributed by atoms with Gasteiger partial charge < -0.3 is 24.8 Å². The summed E-state index contributed by atoms with van der Waals surface area (Å²) in [6, 6.07) is 12.2. The molecular formula is C31H40N2O4. The number of likely N-dealkylation sites (N-methyl/N-ethyl adjacent to an activating group) is 1. The van der Waals surface area contributed by atoms with E-state index in [1.807, 2.05) is 6.07 Å². The fourth-order valence-electron chi connectivity index (χ4n) is 8.75. The Balaban J connectivity index is 1.21. The van der Waals surface area contributed by atoms with Crippen molar-refractivity contribution in [2.75, 3.05) is 26.7 Å². The summed E-state index contributed by atoms with van der Waals surface area (Å²) in [5.74, 6) is 1.24. The van der Waals surface area contributed by atoms with Crippen LogP contribution in [0.15, 0.2) is 36.4 Å².